The van der Waals surface area contributed by atoms with Crippen LogP contribution >= 0.6 is 0 Å². The third-order valence-electron chi connectivity index (χ3n) is 0.753. The van der Waals surface area contributed by atoms with Gasteiger partial charge in [-0.05, 0) is 6.92 Å². The summed E-state index contributed by atoms with van der Waals surface area (Å²) in [5.74, 6) is -2.42. The van der Waals surface area contributed by atoms with Gasteiger partial charge in [0.05, 0.1) is 6.61 Å². The minimum absolute atomic E-state index is 0.00648. The standard InChI is InChI=1S/C6H8F2O2/c1-3-10-6(8)5(7)4(2)9/h3H2,1-2H3. The Balaban J connectivity index is 4.19. The summed E-state index contributed by atoms with van der Waals surface area (Å²) < 4.78 is 28.3. The molecule has 0 spiro atoms. The van der Waals surface area contributed by atoms with E-state index in [4.69, 9.17) is 0 Å². The Labute approximate surface area is 57.5 Å². The molecule has 0 saturated heterocycles. The van der Waals surface area contributed by atoms with Gasteiger partial charge in [0.2, 0.25) is 5.83 Å². The van der Waals surface area contributed by atoms with Crippen LogP contribution in [0.2, 0.25) is 0 Å². The molecule has 0 heterocycles. The second kappa shape index (κ2) is 3.98. The van der Waals surface area contributed by atoms with Crippen molar-refractivity contribution in [2.24, 2.45) is 0 Å². The highest BCUT2D eigenvalue weighted by molar-refractivity contribution is 5.91. The van der Waals surface area contributed by atoms with E-state index in [1.807, 2.05) is 0 Å². The molecule has 0 aromatic rings. The summed E-state index contributed by atoms with van der Waals surface area (Å²) in [7, 11) is 0. The van der Waals surface area contributed by atoms with Crippen molar-refractivity contribution < 1.29 is 18.3 Å². The quantitative estimate of drug-likeness (QED) is 0.452. The number of carbonyl (C=O) groups is 1. The largest absolute Gasteiger partial charge is 0.469 e. The summed E-state index contributed by atoms with van der Waals surface area (Å²) >= 11 is 0. The van der Waals surface area contributed by atoms with Crippen molar-refractivity contribution in [3.05, 3.63) is 11.8 Å². The highest BCUT2D eigenvalue weighted by Gasteiger charge is 2.10. The topological polar surface area (TPSA) is 26.3 Å². The van der Waals surface area contributed by atoms with Crippen LogP contribution in [0, 0.1) is 0 Å². The molecule has 0 saturated carbocycles. The first-order chi connectivity index (χ1) is 4.59. The molecule has 58 valence electrons. The second-order valence-electron chi connectivity index (χ2n) is 1.58. The number of hydrogen-bond donors (Lipinski definition) is 0. The molecule has 0 rings (SSSR count). The molecular weight excluding hydrogens is 142 g/mol. The first kappa shape index (κ1) is 9.07. The van der Waals surface area contributed by atoms with Crippen LogP contribution in [0.4, 0.5) is 8.78 Å². The lowest BCUT2D eigenvalue weighted by Gasteiger charge is -1.97. The number of ketones is 1. The van der Waals surface area contributed by atoms with Gasteiger partial charge in [0.15, 0.2) is 5.78 Å². The number of rotatable bonds is 3. The van der Waals surface area contributed by atoms with Gasteiger partial charge in [-0.3, -0.25) is 4.79 Å². The van der Waals surface area contributed by atoms with E-state index in [0.29, 0.717) is 0 Å². The Kier molecular flexibility index (Phi) is 3.61. The molecule has 0 N–H and O–H groups in total. The molecule has 0 aliphatic heterocycles. The van der Waals surface area contributed by atoms with E-state index >= 15 is 0 Å². The maximum absolute atomic E-state index is 12.1. The van der Waals surface area contributed by atoms with Crippen molar-refractivity contribution in [3.63, 3.8) is 0 Å². The lowest BCUT2D eigenvalue weighted by molar-refractivity contribution is -0.115. The van der Waals surface area contributed by atoms with Crippen molar-refractivity contribution in [1.82, 2.24) is 0 Å². The molecule has 0 aliphatic rings. The van der Waals surface area contributed by atoms with Gasteiger partial charge in [-0.25, -0.2) is 0 Å². The van der Waals surface area contributed by atoms with Gasteiger partial charge in [-0.1, -0.05) is 0 Å². The van der Waals surface area contributed by atoms with E-state index in [-0.39, 0.29) is 6.61 Å². The highest BCUT2D eigenvalue weighted by atomic mass is 19.2. The summed E-state index contributed by atoms with van der Waals surface area (Å²) in [6, 6.07) is -1.44. The molecule has 0 radical (unpaired) electrons. The molecule has 0 atom stereocenters. The number of Topliss-reactive ketones (excluding diaryl/α,β-unsaturated/α-hetero) is 1. The smallest absolute Gasteiger partial charge is 0.312 e. The van der Waals surface area contributed by atoms with E-state index in [2.05, 4.69) is 4.74 Å². The van der Waals surface area contributed by atoms with Crippen LogP contribution in [0.3, 0.4) is 0 Å². The fourth-order valence-electron chi connectivity index (χ4n) is 0.328. The predicted octanol–water partition coefficient (Wildman–Crippen LogP) is 1.72. The fourth-order valence-corrected chi connectivity index (χ4v) is 0.328. The van der Waals surface area contributed by atoms with Crippen LogP contribution < -0.4 is 0 Å². The predicted molar refractivity (Wildman–Crippen MR) is 31.5 cm³/mol. The number of allylic oxidation sites excluding steroid dienone is 1. The molecule has 0 bridgehead atoms. The van der Waals surface area contributed by atoms with Gasteiger partial charge in [0, 0.05) is 6.92 Å². The Morgan fingerprint density at radius 2 is 2.00 bits per heavy atom. The number of hydrogen-bond acceptors (Lipinski definition) is 2. The molecular formula is C6H8F2O2. The number of halogens is 2. The van der Waals surface area contributed by atoms with Gasteiger partial charge in [-0.15, -0.1) is 0 Å². The van der Waals surface area contributed by atoms with E-state index in [1.54, 1.807) is 0 Å². The monoisotopic (exact) mass is 150 g/mol. The average molecular weight is 150 g/mol. The van der Waals surface area contributed by atoms with E-state index in [0.717, 1.165) is 6.92 Å². The van der Waals surface area contributed by atoms with Crippen LogP contribution in [-0.2, 0) is 9.53 Å². The van der Waals surface area contributed by atoms with Crippen LogP contribution in [0.5, 0.6) is 0 Å². The van der Waals surface area contributed by atoms with Crippen molar-refractivity contribution in [1.29, 1.82) is 0 Å². The molecule has 0 unspecified atom stereocenters. The van der Waals surface area contributed by atoms with Crippen molar-refractivity contribution in [2.75, 3.05) is 6.61 Å². The second-order valence-corrected chi connectivity index (χ2v) is 1.58. The van der Waals surface area contributed by atoms with E-state index in [9.17, 15) is 13.6 Å². The van der Waals surface area contributed by atoms with Crippen LogP contribution in [0.25, 0.3) is 0 Å². The fraction of sp³-hybridized carbons (Fsp3) is 0.500. The summed E-state index contributed by atoms with van der Waals surface area (Å²) in [5.41, 5.74) is 0. The first-order valence-corrected chi connectivity index (χ1v) is 2.78. The maximum Gasteiger partial charge on any atom is 0.312 e. The van der Waals surface area contributed by atoms with Crippen LogP contribution in [-0.4, -0.2) is 12.4 Å². The van der Waals surface area contributed by atoms with Gasteiger partial charge >= 0.3 is 6.01 Å². The van der Waals surface area contributed by atoms with Gasteiger partial charge in [0.1, 0.15) is 0 Å². The summed E-state index contributed by atoms with van der Waals surface area (Å²) in [6.45, 7) is 2.42. The molecule has 0 amide bonds. The van der Waals surface area contributed by atoms with Gasteiger partial charge in [-0.2, -0.15) is 8.78 Å². The third-order valence-corrected chi connectivity index (χ3v) is 0.753. The number of ether oxygens (including phenoxy) is 1. The minimum atomic E-state index is -1.46. The first-order valence-electron chi connectivity index (χ1n) is 2.78. The third kappa shape index (κ3) is 2.57. The van der Waals surface area contributed by atoms with Crippen LogP contribution in [0.1, 0.15) is 13.8 Å². The molecule has 0 aromatic heterocycles. The SMILES string of the molecule is CCOC(F)=C(F)C(C)=O. The average Bonchev–Trinajstić information content (AvgIpc) is 1.87. The summed E-state index contributed by atoms with van der Waals surface area (Å²) in [4.78, 5) is 10.1. The van der Waals surface area contributed by atoms with Crippen LogP contribution in [0.15, 0.2) is 11.8 Å². The highest BCUT2D eigenvalue weighted by Crippen LogP contribution is 2.09. The molecule has 0 aromatic carbocycles. The molecule has 0 fully saturated rings. The maximum atomic E-state index is 12.1. The zero-order chi connectivity index (χ0) is 8.15. The Morgan fingerprint density at radius 1 is 1.50 bits per heavy atom. The summed E-state index contributed by atoms with van der Waals surface area (Å²) in [5, 5.41) is 0. The van der Waals surface area contributed by atoms with Crippen molar-refractivity contribution in [2.45, 2.75) is 13.8 Å². The Morgan fingerprint density at radius 3 is 2.30 bits per heavy atom. The zero-order valence-corrected chi connectivity index (χ0v) is 5.78. The number of carbonyl (C=O) groups excluding carboxylic acids is 1. The molecule has 2 nitrogen and oxygen atoms in total. The normalized spacial score (nSPS) is 12.4. The van der Waals surface area contributed by atoms with E-state index in [1.165, 1.54) is 6.92 Å². The Hall–Kier alpha value is -0.930. The van der Waals surface area contributed by atoms with E-state index < -0.39 is 17.6 Å². The van der Waals surface area contributed by atoms with Crippen molar-refractivity contribution in [3.8, 4) is 0 Å². The van der Waals surface area contributed by atoms with Gasteiger partial charge in [0.25, 0.3) is 0 Å². The molecule has 4 heteroatoms. The minimum Gasteiger partial charge on any atom is -0.469 e. The lowest BCUT2D eigenvalue weighted by Crippen LogP contribution is -1.96. The molecule has 0 aliphatic carbocycles. The Bertz CT molecular complexity index is 163. The molecule has 10 heavy (non-hydrogen) atoms. The lowest BCUT2D eigenvalue weighted by atomic mass is 10.4. The summed E-state index contributed by atoms with van der Waals surface area (Å²) in [6.07, 6.45) is 0. The zero-order valence-electron chi connectivity index (χ0n) is 5.78. The van der Waals surface area contributed by atoms with Crippen molar-refractivity contribution >= 4 is 5.78 Å². The van der Waals surface area contributed by atoms with Gasteiger partial charge < -0.3 is 4.74 Å².